The fourth-order valence-corrected chi connectivity index (χ4v) is 6.84. The number of amides is 1. The van der Waals surface area contributed by atoms with Crippen LogP contribution < -0.4 is 19.1 Å². The van der Waals surface area contributed by atoms with Crippen LogP contribution in [0.25, 0.3) is 0 Å². The second kappa shape index (κ2) is 12.1. The molecular weight excluding hydrogens is 589 g/mol. The molecule has 1 aliphatic rings. The Hall–Kier alpha value is -2.87. The van der Waals surface area contributed by atoms with Gasteiger partial charge in [-0.2, -0.15) is 0 Å². The Bertz CT molecular complexity index is 1580. The highest BCUT2D eigenvalue weighted by Crippen LogP contribution is 2.35. The van der Waals surface area contributed by atoms with E-state index < -0.39 is 32.6 Å². The molecular formula is C25H25Cl2N3O7S2. The highest BCUT2D eigenvalue weighted by molar-refractivity contribution is 7.92. The summed E-state index contributed by atoms with van der Waals surface area (Å²) in [5, 5.41) is 3.12. The number of nitrogens with one attached hydrogen (secondary N) is 2. The molecule has 39 heavy (non-hydrogen) atoms. The average molecular weight is 615 g/mol. The molecule has 0 saturated carbocycles. The van der Waals surface area contributed by atoms with Crippen molar-refractivity contribution in [3.05, 3.63) is 76.3 Å². The summed E-state index contributed by atoms with van der Waals surface area (Å²) in [7, 11) is -6.14. The molecule has 0 fully saturated rings. The van der Waals surface area contributed by atoms with Crippen molar-refractivity contribution < 1.29 is 31.1 Å². The van der Waals surface area contributed by atoms with Crippen LogP contribution in [0.5, 0.6) is 5.75 Å². The van der Waals surface area contributed by atoms with Crippen LogP contribution in [0.3, 0.4) is 0 Å². The van der Waals surface area contributed by atoms with Crippen LogP contribution in [0.15, 0.2) is 70.5 Å². The first-order valence-corrected chi connectivity index (χ1v) is 15.3. The number of fused-ring (bicyclic) bond motifs is 1. The van der Waals surface area contributed by atoms with Gasteiger partial charge in [0.15, 0.2) is 6.61 Å². The van der Waals surface area contributed by atoms with E-state index in [0.717, 1.165) is 5.56 Å². The van der Waals surface area contributed by atoms with E-state index in [4.69, 9.17) is 32.7 Å². The highest BCUT2D eigenvalue weighted by Gasteiger charge is 2.31. The number of rotatable bonds is 11. The Morgan fingerprint density at radius 2 is 1.69 bits per heavy atom. The predicted molar refractivity (Wildman–Crippen MR) is 149 cm³/mol. The van der Waals surface area contributed by atoms with Gasteiger partial charge in [0.25, 0.3) is 15.9 Å². The minimum atomic E-state index is -3.82. The molecule has 0 bridgehead atoms. The standard InChI is InChI=1S/C25H25Cl2N3O7S2/c1-36-13-11-28-38(32,33)21-8-9-24(22(27)15-21)37-16-25(31)29-19-5-2-17-10-12-30(23(17)14-19)39(34,35)20-6-3-18(26)4-7-20/h2-9,14-15,28H,10-13,16H2,1H3,(H,29,31). The molecule has 0 atom stereocenters. The van der Waals surface area contributed by atoms with Crippen molar-refractivity contribution in [3.8, 4) is 5.75 Å². The highest BCUT2D eigenvalue weighted by atomic mass is 35.5. The summed E-state index contributed by atoms with van der Waals surface area (Å²) in [5.74, 6) is -0.397. The first-order valence-electron chi connectivity index (χ1n) is 11.6. The lowest BCUT2D eigenvalue weighted by Gasteiger charge is -2.20. The van der Waals surface area contributed by atoms with E-state index in [0.29, 0.717) is 22.8 Å². The molecule has 1 heterocycles. The molecule has 1 aliphatic heterocycles. The third-order valence-corrected chi connectivity index (χ3v) is 9.63. The van der Waals surface area contributed by atoms with Crippen molar-refractivity contribution >= 4 is 60.5 Å². The van der Waals surface area contributed by atoms with E-state index in [1.807, 2.05) is 0 Å². The van der Waals surface area contributed by atoms with Gasteiger partial charge in [-0.25, -0.2) is 21.6 Å². The number of halogens is 2. The summed E-state index contributed by atoms with van der Waals surface area (Å²) in [4.78, 5) is 12.6. The monoisotopic (exact) mass is 613 g/mol. The second-order valence-corrected chi connectivity index (χ2v) is 12.9. The van der Waals surface area contributed by atoms with Crippen LogP contribution in [-0.2, 0) is 36.0 Å². The summed E-state index contributed by atoms with van der Waals surface area (Å²) in [6.07, 6.45) is 0.533. The van der Waals surface area contributed by atoms with Crippen LogP contribution in [0.1, 0.15) is 5.56 Å². The Morgan fingerprint density at radius 1 is 0.974 bits per heavy atom. The number of sulfonamides is 2. The number of carbonyl (C=O) groups excluding carboxylic acids is 1. The number of ether oxygens (including phenoxy) is 2. The van der Waals surface area contributed by atoms with E-state index in [1.54, 1.807) is 18.2 Å². The summed E-state index contributed by atoms with van der Waals surface area (Å²) >= 11 is 12.1. The molecule has 14 heteroatoms. The van der Waals surface area contributed by atoms with Crippen molar-refractivity contribution in [3.63, 3.8) is 0 Å². The van der Waals surface area contributed by atoms with E-state index in [9.17, 15) is 21.6 Å². The Kier molecular flexibility index (Phi) is 9.04. The van der Waals surface area contributed by atoms with Gasteiger partial charge in [-0.3, -0.25) is 9.10 Å². The molecule has 0 unspecified atom stereocenters. The summed E-state index contributed by atoms with van der Waals surface area (Å²) in [5.41, 5.74) is 1.69. The summed E-state index contributed by atoms with van der Waals surface area (Å²) in [6, 6.07) is 14.9. The van der Waals surface area contributed by atoms with E-state index >= 15 is 0 Å². The Morgan fingerprint density at radius 3 is 2.38 bits per heavy atom. The third-order valence-electron chi connectivity index (χ3n) is 5.79. The van der Waals surface area contributed by atoms with Crippen LogP contribution >= 0.6 is 23.2 Å². The van der Waals surface area contributed by atoms with Gasteiger partial charge in [-0.1, -0.05) is 29.3 Å². The lowest BCUT2D eigenvalue weighted by molar-refractivity contribution is -0.118. The number of methoxy groups -OCH3 is 1. The number of benzene rings is 3. The van der Waals surface area contributed by atoms with Gasteiger partial charge in [0.05, 0.1) is 27.1 Å². The van der Waals surface area contributed by atoms with Crippen molar-refractivity contribution in [2.75, 3.05) is 43.0 Å². The fourth-order valence-electron chi connectivity index (χ4n) is 3.88. The first-order chi connectivity index (χ1) is 18.5. The molecule has 0 aromatic heterocycles. The van der Waals surface area contributed by atoms with Crippen LogP contribution in [0.4, 0.5) is 11.4 Å². The van der Waals surface area contributed by atoms with Gasteiger partial charge in [0, 0.05) is 30.9 Å². The molecule has 0 spiro atoms. The number of hydrogen-bond donors (Lipinski definition) is 2. The Labute approximate surface area is 236 Å². The normalized spacial score (nSPS) is 13.3. The number of carbonyl (C=O) groups is 1. The zero-order valence-corrected chi connectivity index (χ0v) is 23.8. The van der Waals surface area contributed by atoms with Crippen molar-refractivity contribution in [1.29, 1.82) is 0 Å². The molecule has 10 nitrogen and oxygen atoms in total. The molecule has 0 aliphatic carbocycles. The van der Waals surface area contributed by atoms with Gasteiger partial charge in [-0.15, -0.1) is 0 Å². The molecule has 3 aromatic rings. The minimum Gasteiger partial charge on any atom is -0.482 e. The largest absolute Gasteiger partial charge is 0.482 e. The molecule has 3 aromatic carbocycles. The van der Waals surface area contributed by atoms with Crippen molar-refractivity contribution in [2.24, 2.45) is 0 Å². The Balaban J connectivity index is 1.41. The topological polar surface area (TPSA) is 131 Å². The van der Waals surface area contributed by atoms with E-state index in [-0.39, 0.29) is 40.3 Å². The summed E-state index contributed by atoms with van der Waals surface area (Å²) < 4.78 is 65.0. The molecule has 208 valence electrons. The quantitative estimate of drug-likeness (QED) is 0.315. The molecule has 2 N–H and O–H groups in total. The summed E-state index contributed by atoms with van der Waals surface area (Å²) in [6.45, 7) is 0.167. The third kappa shape index (κ3) is 6.83. The lowest BCUT2D eigenvalue weighted by atomic mass is 10.1. The average Bonchev–Trinajstić information content (AvgIpc) is 3.32. The maximum absolute atomic E-state index is 13.2. The van der Waals surface area contributed by atoms with Gasteiger partial charge in [0.1, 0.15) is 5.75 Å². The van der Waals surface area contributed by atoms with Gasteiger partial charge in [0.2, 0.25) is 10.0 Å². The van der Waals surface area contributed by atoms with Crippen LogP contribution in [0, 0.1) is 0 Å². The zero-order chi connectivity index (χ0) is 28.2. The fraction of sp³-hybridized carbons (Fsp3) is 0.240. The van der Waals surface area contributed by atoms with E-state index in [2.05, 4.69) is 10.0 Å². The van der Waals surface area contributed by atoms with E-state index in [1.165, 1.54) is 53.9 Å². The van der Waals surface area contributed by atoms with Crippen LogP contribution in [0.2, 0.25) is 10.0 Å². The molecule has 0 saturated heterocycles. The maximum Gasteiger partial charge on any atom is 0.264 e. The SMILES string of the molecule is COCCNS(=O)(=O)c1ccc(OCC(=O)Nc2ccc3c(c2)N(S(=O)(=O)c2ccc(Cl)cc2)CC3)c(Cl)c1. The zero-order valence-electron chi connectivity index (χ0n) is 20.7. The molecule has 0 radical (unpaired) electrons. The number of anilines is 2. The second-order valence-electron chi connectivity index (χ2n) is 8.44. The molecule has 4 rings (SSSR count). The predicted octanol–water partition coefficient (Wildman–Crippen LogP) is 3.69. The van der Waals surface area contributed by atoms with Crippen molar-refractivity contribution in [2.45, 2.75) is 16.2 Å². The van der Waals surface area contributed by atoms with Crippen LogP contribution in [-0.4, -0.2) is 56.2 Å². The molecule has 1 amide bonds. The minimum absolute atomic E-state index is 0.0120. The van der Waals surface area contributed by atoms with Gasteiger partial charge >= 0.3 is 0 Å². The maximum atomic E-state index is 13.2. The van der Waals surface area contributed by atoms with Crippen molar-refractivity contribution in [1.82, 2.24) is 4.72 Å². The van der Waals surface area contributed by atoms with Gasteiger partial charge in [-0.05, 0) is 66.6 Å². The first kappa shape index (κ1) is 29.1. The lowest BCUT2D eigenvalue weighted by Crippen LogP contribution is -2.29. The van der Waals surface area contributed by atoms with Gasteiger partial charge < -0.3 is 14.8 Å². The number of nitrogens with zero attached hydrogens (tertiary/aromatic N) is 1. The number of hydrogen-bond acceptors (Lipinski definition) is 7. The smallest absolute Gasteiger partial charge is 0.264 e.